The molecular weight excluding hydrogens is 331 g/mol. The van der Waals surface area contributed by atoms with Gasteiger partial charge < -0.3 is 10.9 Å². The highest BCUT2D eigenvalue weighted by atomic mass is 35.5. The number of halogens is 2. The van der Waals surface area contributed by atoms with Gasteiger partial charge in [0.25, 0.3) is 0 Å². The van der Waals surface area contributed by atoms with Crippen molar-refractivity contribution in [2.75, 3.05) is 13.1 Å². The lowest BCUT2D eigenvalue weighted by Gasteiger charge is -2.29. The molecular formula is C11H12ClFN8O2. The predicted octanol–water partition coefficient (Wildman–Crippen LogP) is 1.17. The Morgan fingerprint density at radius 2 is 2.43 bits per heavy atom. The number of azide groups is 1. The molecule has 10 nitrogen and oxygen atoms in total. The van der Waals surface area contributed by atoms with Crippen molar-refractivity contribution in [1.82, 2.24) is 10.8 Å². The molecule has 23 heavy (non-hydrogen) atoms. The molecule has 0 amide bonds. The van der Waals surface area contributed by atoms with E-state index in [0.717, 1.165) is 6.07 Å². The number of benzene rings is 1. The minimum atomic E-state index is -1.36. The zero-order valence-electron chi connectivity index (χ0n) is 11.6. The van der Waals surface area contributed by atoms with Crippen LogP contribution in [0.3, 0.4) is 0 Å². The first-order valence-electron chi connectivity index (χ1n) is 6.26. The summed E-state index contributed by atoms with van der Waals surface area (Å²) in [6.07, 6.45) is 0. The van der Waals surface area contributed by atoms with Gasteiger partial charge in [0.2, 0.25) is 0 Å². The molecule has 0 saturated carbocycles. The summed E-state index contributed by atoms with van der Waals surface area (Å²) in [5.41, 5.74) is 15.5. The van der Waals surface area contributed by atoms with Gasteiger partial charge in [-0.1, -0.05) is 38.6 Å². The first-order chi connectivity index (χ1) is 11.0. The Morgan fingerprint density at radius 3 is 3.09 bits per heavy atom. The summed E-state index contributed by atoms with van der Waals surface area (Å²) >= 11 is 5.81. The average Bonchev–Trinajstić information content (AvgIpc) is 2.98. The summed E-state index contributed by atoms with van der Waals surface area (Å²) in [6, 6.07) is 3.90. The number of oxime groups is 2. The Bertz CT molecular complexity index is 705. The second-order valence-electron chi connectivity index (χ2n) is 4.38. The van der Waals surface area contributed by atoms with Gasteiger partial charge in [-0.05, 0) is 23.2 Å². The van der Waals surface area contributed by atoms with E-state index in [1.807, 2.05) is 0 Å². The van der Waals surface area contributed by atoms with Gasteiger partial charge in [0.1, 0.15) is 5.82 Å². The van der Waals surface area contributed by atoms with Gasteiger partial charge in [-0.25, -0.2) is 4.39 Å². The van der Waals surface area contributed by atoms with Gasteiger partial charge in [0.15, 0.2) is 17.2 Å². The Kier molecular flexibility index (Phi) is 5.19. The molecule has 5 N–H and O–H groups in total. The first-order valence-corrected chi connectivity index (χ1v) is 6.64. The van der Waals surface area contributed by atoms with Crippen molar-refractivity contribution in [3.05, 3.63) is 45.0 Å². The lowest BCUT2D eigenvalue weighted by atomic mass is 9.93. The van der Waals surface area contributed by atoms with Gasteiger partial charge in [-0.2, -0.15) is 0 Å². The van der Waals surface area contributed by atoms with Crippen LogP contribution in [0, 0.1) is 5.82 Å². The summed E-state index contributed by atoms with van der Waals surface area (Å²) in [6.45, 7) is 0.297. The maximum Gasteiger partial charge on any atom is 0.191 e. The highest BCUT2D eigenvalue weighted by Gasteiger charge is 2.45. The fourth-order valence-electron chi connectivity index (χ4n) is 2.02. The van der Waals surface area contributed by atoms with Gasteiger partial charge in [-0.15, -0.1) is 0 Å². The molecule has 0 bridgehead atoms. The first kappa shape index (κ1) is 16.8. The maximum atomic E-state index is 13.4. The van der Waals surface area contributed by atoms with Crippen LogP contribution in [-0.4, -0.2) is 29.8 Å². The molecule has 1 heterocycles. The number of nitrogens with one attached hydrogen (secondary N) is 2. The zero-order chi connectivity index (χ0) is 16.9. The fraction of sp³-hybridized carbons (Fsp3) is 0.273. The molecule has 1 aliphatic rings. The average molecular weight is 343 g/mol. The highest BCUT2D eigenvalue weighted by Crippen LogP contribution is 2.28. The number of nitrogens with zero attached hydrogens (tertiary/aromatic N) is 5. The third-order valence-corrected chi connectivity index (χ3v) is 3.35. The van der Waals surface area contributed by atoms with E-state index in [0.29, 0.717) is 5.56 Å². The van der Waals surface area contributed by atoms with Crippen LogP contribution in [0.2, 0.25) is 5.02 Å². The molecule has 0 radical (unpaired) electrons. The number of hydroxylamine groups is 1. The van der Waals surface area contributed by atoms with Gasteiger partial charge in [-0.3, -0.25) is 10.3 Å². The molecule has 12 heteroatoms. The van der Waals surface area contributed by atoms with Crippen molar-refractivity contribution in [3.8, 4) is 0 Å². The predicted molar refractivity (Wildman–Crippen MR) is 80.2 cm³/mol. The Labute approximate surface area is 134 Å². The van der Waals surface area contributed by atoms with Crippen LogP contribution >= 0.6 is 11.6 Å². The second kappa shape index (κ2) is 7.11. The normalized spacial score (nSPS) is 20.6. The molecule has 0 aliphatic carbocycles. The van der Waals surface area contributed by atoms with E-state index in [2.05, 4.69) is 31.1 Å². The van der Waals surface area contributed by atoms with E-state index in [1.165, 1.54) is 12.1 Å². The molecule has 1 aromatic carbocycles. The SMILES string of the molecule is [N-]=[N+]=NCCNC1(c2ccc(F)c(Cl)c2)NON=C1C(N)=NO. The highest BCUT2D eigenvalue weighted by molar-refractivity contribution is 6.44. The fourth-order valence-corrected chi connectivity index (χ4v) is 2.21. The Hall–Kier alpha value is -2.59. The van der Waals surface area contributed by atoms with Crippen molar-refractivity contribution < 1.29 is 14.5 Å². The van der Waals surface area contributed by atoms with E-state index in [1.54, 1.807) is 0 Å². The molecule has 2 rings (SSSR count). The lowest BCUT2D eigenvalue weighted by molar-refractivity contribution is 0.0207. The van der Waals surface area contributed by atoms with Gasteiger partial charge in [0.05, 0.1) is 5.02 Å². The van der Waals surface area contributed by atoms with Crippen LogP contribution in [0.1, 0.15) is 5.56 Å². The molecule has 1 unspecified atom stereocenters. The third-order valence-electron chi connectivity index (χ3n) is 3.06. The van der Waals surface area contributed by atoms with E-state index < -0.39 is 11.5 Å². The molecule has 0 spiro atoms. The topological polar surface area (TPSA) is 153 Å². The number of amidine groups is 1. The third kappa shape index (κ3) is 3.27. The Morgan fingerprint density at radius 1 is 1.65 bits per heavy atom. The number of nitrogens with two attached hydrogens (primary N) is 1. The molecule has 1 aliphatic heterocycles. The van der Waals surface area contributed by atoms with Crippen LogP contribution in [0.4, 0.5) is 4.39 Å². The van der Waals surface area contributed by atoms with E-state index in [9.17, 15) is 4.39 Å². The van der Waals surface area contributed by atoms with Crippen molar-refractivity contribution >= 4 is 23.1 Å². The molecule has 0 saturated heterocycles. The number of hydrogen-bond donors (Lipinski definition) is 4. The summed E-state index contributed by atoms with van der Waals surface area (Å²) in [5.74, 6) is -0.937. The summed E-state index contributed by atoms with van der Waals surface area (Å²) < 4.78 is 13.4. The zero-order valence-corrected chi connectivity index (χ0v) is 12.3. The van der Waals surface area contributed by atoms with Crippen molar-refractivity contribution in [2.24, 2.45) is 21.2 Å². The summed E-state index contributed by atoms with van der Waals surface area (Å²) in [7, 11) is 0. The molecule has 1 atom stereocenters. The Balaban J connectivity index is 2.44. The second-order valence-corrected chi connectivity index (χ2v) is 4.79. The minimum Gasteiger partial charge on any atom is -0.409 e. The molecule has 0 fully saturated rings. The number of hydrogen-bond acceptors (Lipinski definition) is 7. The minimum absolute atomic E-state index is 0.00334. The van der Waals surface area contributed by atoms with Crippen molar-refractivity contribution in [1.29, 1.82) is 0 Å². The van der Waals surface area contributed by atoms with Crippen molar-refractivity contribution in [3.63, 3.8) is 0 Å². The maximum absolute atomic E-state index is 13.4. The van der Waals surface area contributed by atoms with Crippen LogP contribution in [0.25, 0.3) is 10.4 Å². The monoisotopic (exact) mass is 342 g/mol. The molecule has 122 valence electrons. The van der Waals surface area contributed by atoms with Gasteiger partial charge >= 0.3 is 0 Å². The van der Waals surface area contributed by atoms with Crippen LogP contribution < -0.4 is 16.5 Å². The van der Waals surface area contributed by atoms with E-state index in [-0.39, 0.29) is 29.7 Å². The quantitative estimate of drug-likeness (QED) is 0.0893. The molecule has 1 aromatic rings. The van der Waals surface area contributed by atoms with Crippen LogP contribution in [0.5, 0.6) is 0 Å². The smallest absolute Gasteiger partial charge is 0.191 e. The van der Waals surface area contributed by atoms with Crippen LogP contribution in [-0.2, 0) is 10.6 Å². The summed E-state index contributed by atoms with van der Waals surface area (Å²) in [4.78, 5) is 7.48. The lowest BCUT2D eigenvalue weighted by Crippen LogP contribution is -2.59. The van der Waals surface area contributed by atoms with Crippen molar-refractivity contribution in [2.45, 2.75) is 5.66 Å². The number of rotatable bonds is 6. The van der Waals surface area contributed by atoms with E-state index >= 15 is 0 Å². The largest absolute Gasteiger partial charge is 0.409 e. The van der Waals surface area contributed by atoms with Gasteiger partial charge in [0, 0.05) is 18.0 Å². The van der Waals surface area contributed by atoms with E-state index in [4.69, 9.17) is 33.0 Å². The summed E-state index contributed by atoms with van der Waals surface area (Å²) in [5, 5.41) is 21.7. The standard InChI is InChI=1S/C11H12ClFN8O2/c12-7-5-6(1-2-8(7)13)11(16-3-4-17-21-15)9(10(14)18-22)19-23-20-11/h1-2,5,16,20,22H,3-4H2,(H2,14,18). The molecule has 0 aromatic heterocycles. The van der Waals surface area contributed by atoms with Crippen LogP contribution in [0.15, 0.2) is 33.6 Å².